The topological polar surface area (TPSA) is 46.5 Å². The van der Waals surface area contributed by atoms with Crippen molar-refractivity contribution in [3.8, 4) is 0 Å². The van der Waals surface area contributed by atoms with E-state index in [2.05, 4.69) is 14.1 Å². The molecule has 1 aromatic rings. The smallest absolute Gasteiger partial charge is 0.347 e. The van der Waals surface area contributed by atoms with E-state index in [0.29, 0.717) is 10.0 Å². The van der Waals surface area contributed by atoms with Gasteiger partial charge < -0.3 is 9.84 Å². The lowest BCUT2D eigenvalue weighted by Gasteiger charge is -2.36. The number of aliphatic hydroxyl groups is 1. The third kappa shape index (κ3) is 3.02. The molecule has 3 rings (SSSR count). The molecule has 1 heterocycles. The number of carbonyl (C=O) groups excluding carboxylic acids is 1. The van der Waals surface area contributed by atoms with Crippen LogP contribution >= 0.6 is 0 Å². The third-order valence-electron chi connectivity index (χ3n) is 5.68. The molecule has 2 atom stereocenters. The number of likely N-dealkylation sites (tertiary alicyclic amines) is 1. The fourth-order valence-corrected chi connectivity index (χ4v) is 4.14. The maximum atomic E-state index is 13.0. The molecule has 1 aliphatic carbocycles. The maximum absolute atomic E-state index is 13.0. The largest absolute Gasteiger partial charge is 0.410 e. The van der Waals surface area contributed by atoms with E-state index in [1.807, 2.05) is 30.3 Å². The first-order valence-corrected chi connectivity index (χ1v) is 8.76. The first-order valence-electron chi connectivity index (χ1n) is 8.76. The molecule has 0 amide bonds. The van der Waals surface area contributed by atoms with E-state index in [9.17, 15) is 9.90 Å². The van der Waals surface area contributed by atoms with Crippen LogP contribution < -0.4 is 0 Å². The van der Waals surface area contributed by atoms with Gasteiger partial charge in [-0.1, -0.05) is 43.2 Å². The molecule has 1 saturated carbocycles. The van der Waals surface area contributed by atoms with E-state index < -0.39 is 11.6 Å². The van der Waals surface area contributed by atoms with Gasteiger partial charge >= 0.3 is 5.97 Å². The summed E-state index contributed by atoms with van der Waals surface area (Å²) in [5.74, 6) is -0.511. The van der Waals surface area contributed by atoms with Crippen molar-refractivity contribution in [3.05, 3.63) is 35.9 Å². The molecule has 0 aromatic heterocycles. The SMILES string of the molecule is C[N+]1(C)CCC[C@@H]1OC(=O)[C@@](O)(c1ccccc1)C1CCCC1. The zero-order valence-electron chi connectivity index (χ0n) is 14.2. The highest BCUT2D eigenvalue weighted by molar-refractivity contribution is 5.81. The Bertz CT molecular complexity index is 551. The van der Waals surface area contributed by atoms with Crippen LogP contribution in [0.4, 0.5) is 0 Å². The van der Waals surface area contributed by atoms with Gasteiger partial charge in [0, 0.05) is 18.8 Å². The Morgan fingerprint density at radius 2 is 1.78 bits per heavy atom. The summed E-state index contributed by atoms with van der Waals surface area (Å²) < 4.78 is 6.52. The zero-order chi connectivity index (χ0) is 16.5. The molecule has 0 bridgehead atoms. The maximum Gasteiger partial charge on any atom is 0.347 e. The van der Waals surface area contributed by atoms with Crippen LogP contribution in [-0.4, -0.2) is 42.4 Å². The van der Waals surface area contributed by atoms with E-state index in [0.717, 1.165) is 45.1 Å². The van der Waals surface area contributed by atoms with E-state index in [1.54, 1.807) is 0 Å². The molecule has 1 aromatic carbocycles. The summed E-state index contributed by atoms with van der Waals surface area (Å²) in [6.07, 6.45) is 5.66. The second kappa shape index (κ2) is 6.25. The third-order valence-corrected chi connectivity index (χ3v) is 5.68. The van der Waals surface area contributed by atoms with Crippen LogP contribution in [0.2, 0.25) is 0 Å². The Balaban J connectivity index is 1.87. The molecule has 23 heavy (non-hydrogen) atoms. The van der Waals surface area contributed by atoms with Crippen LogP contribution in [0.25, 0.3) is 0 Å². The van der Waals surface area contributed by atoms with Crippen LogP contribution in [0.5, 0.6) is 0 Å². The summed E-state index contributed by atoms with van der Waals surface area (Å²) in [7, 11) is 4.17. The molecule has 1 aliphatic heterocycles. The Labute approximate surface area is 138 Å². The first-order chi connectivity index (χ1) is 10.9. The molecule has 0 spiro atoms. The number of hydrogen-bond acceptors (Lipinski definition) is 3. The van der Waals surface area contributed by atoms with Crippen molar-refractivity contribution in [2.24, 2.45) is 5.92 Å². The monoisotopic (exact) mass is 318 g/mol. The van der Waals surface area contributed by atoms with Crippen molar-refractivity contribution in [1.29, 1.82) is 0 Å². The normalized spacial score (nSPS) is 26.8. The Morgan fingerprint density at radius 3 is 2.35 bits per heavy atom. The highest BCUT2D eigenvalue weighted by Gasteiger charge is 2.50. The molecule has 0 radical (unpaired) electrons. The minimum absolute atomic E-state index is 0.0468. The predicted molar refractivity (Wildman–Crippen MR) is 88.4 cm³/mol. The predicted octanol–water partition coefficient (Wildman–Crippen LogP) is 2.80. The number of ether oxygens (including phenoxy) is 1. The number of hydrogen-bond donors (Lipinski definition) is 1. The Kier molecular flexibility index (Phi) is 4.47. The van der Waals surface area contributed by atoms with E-state index in [-0.39, 0.29) is 12.1 Å². The van der Waals surface area contributed by atoms with Gasteiger partial charge in [-0.3, -0.25) is 4.48 Å². The Hall–Kier alpha value is -1.39. The van der Waals surface area contributed by atoms with Crippen molar-refractivity contribution in [3.63, 3.8) is 0 Å². The van der Waals surface area contributed by atoms with Gasteiger partial charge in [-0.25, -0.2) is 4.79 Å². The molecular formula is C19H28NO3+. The lowest BCUT2D eigenvalue weighted by Crippen LogP contribution is -2.51. The molecular weight excluding hydrogens is 290 g/mol. The average molecular weight is 318 g/mol. The van der Waals surface area contributed by atoms with Crippen LogP contribution in [0, 0.1) is 5.92 Å². The number of esters is 1. The lowest BCUT2D eigenvalue weighted by molar-refractivity contribution is -0.921. The minimum Gasteiger partial charge on any atom is -0.410 e. The fourth-order valence-electron chi connectivity index (χ4n) is 4.14. The van der Waals surface area contributed by atoms with E-state index in [4.69, 9.17) is 4.74 Å². The number of carbonyl (C=O) groups is 1. The zero-order valence-corrected chi connectivity index (χ0v) is 14.2. The van der Waals surface area contributed by atoms with Crippen molar-refractivity contribution >= 4 is 5.97 Å². The molecule has 4 nitrogen and oxygen atoms in total. The molecule has 2 fully saturated rings. The molecule has 1 saturated heterocycles. The first kappa shape index (κ1) is 16.5. The summed E-state index contributed by atoms with van der Waals surface area (Å²) in [5.41, 5.74) is -0.847. The van der Waals surface area contributed by atoms with E-state index in [1.165, 1.54) is 0 Å². The van der Waals surface area contributed by atoms with Gasteiger partial charge in [0.25, 0.3) is 0 Å². The second-order valence-corrected chi connectivity index (χ2v) is 7.62. The van der Waals surface area contributed by atoms with Gasteiger partial charge in [-0.05, 0) is 18.4 Å². The van der Waals surface area contributed by atoms with Crippen LogP contribution in [-0.2, 0) is 15.1 Å². The summed E-state index contributed by atoms with van der Waals surface area (Å²) >= 11 is 0. The van der Waals surface area contributed by atoms with Gasteiger partial charge in [0.2, 0.25) is 6.23 Å². The molecule has 4 heteroatoms. The highest BCUT2D eigenvalue weighted by atomic mass is 16.6. The number of rotatable bonds is 4. The minimum atomic E-state index is -1.51. The number of quaternary nitrogens is 1. The van der Waals surface area contributed by atoms with Crippen molar-refractivity contribution in [2.75, 3.05) is 20.6 Å². The van der Waals surface area contributed by atoms with Gasteiger partial charge in [-0.2, -0.15) is 0 Å². The van der Waals surface area contributed by atoms with Crippen LogP contribution in [0.15, 0.2) is 30.3 Å². The quantitative estimate of drug-likeness (QED) is 0.686. The van der Waals surface area contributed by atoms with Crippen molar-refractivity contribution in [1.82, 2.24) is 0 Å². The van der Waals surface area contributed by atoms with Gasteiger partial charge in [0.15, 0.2) is 5.60 Å². The standard InChI is InChI=1S/C19H28NO3/c1-20(2)14-8-13-17(20)23-18(21)19(22,16-11-6-7-12-16)15-9-4-3-5-10-15/h3-5,9-10,16-17,22H,6-8,11-14H2,1-2H3/q+1/t17-,19+/m0/s1. The summed E-state index contributed by atoms with van der Waals surface area (Å²) in [6, 6.07) is 9.33. The van der Waals surface area contributed by atoms with Crippen molar-refractivity contribution < 1.29 is 19.1 Å². The van der Waals surface area contributed by atoms with Crippen molar-refractivity contribution in [2.45, 2.75) is 50.4 Å². The summed E-state index contributed by atoms with van der Waals surface area (Å²) in [4.78, 5) is 13.0. The van der Waals surface area contributed by atoms with Crippen LogP contribution in [0.3, 0.4) is 0 Å². The molecule has 2 aliphatic rings. The second-order valence-electron chi connectivity index (χ2n) is 7.62. The highest BCUT2D eigenvalue weighted by Crippen LogP contribution is 2.42. The fraction of sp³-hybridized carbons (Fsp3) is 0.632. The van der Waals surface area contributed by atoms with Gasteiger partial charge in [-0.15, -0.1) is 0 Å². The lowest BCUT2D eigenvalue weighted by atomic mass is 9.80. The Morgan fingerprint density at radius 1 is 1.13 bits per heavy atom. The van der Waals surface area contributed by atoms with E-state index >= 15 is 0 Å². The number of nitrogens with zero attached hydrogens (tertiary/aromatic N) is 1. The average Bonchev–Trinajstić information content (AvgIpc) is 3.18. The summed E-state index contributed by atoms with van der Waals surface area (Å²) in [5, 5.41) is 11.4. The number of benzene rings is 1. The van der Waals surface area contributed by atoms with Gasteiger partial charge in [0.05, 0.1) is 20.6 Å². The van der Waals surface area contributed by atoms with Crippen LogP contribution in [0.1, 0.15) is 44.1 Å². The molecule has 0 unspecified atom stereocenters. The molecule has 1 N–H and O–H groups in total. The van der Waals surface area contributed by atoms with Gasteiger partial charge in [0.1, 0.15) is 0 Å². The molecule has 126 valence electrons. The summed E-state index contributed by atoms with van der Waals surface area (Å²) in [6.45, 7) is 1.01.